The van der Waals surface area contributed by atoms with Crippen LogP contribution < -0.4 is 10.6 Å². The molecule has 1 saturated heterocycles. The van der Waals surface area contributed by atoms with Crippen LogP contribution in [0.2, 0.25) is 5.02 Å². The molecule has 3 rings (SSSR count). The van der Waals surface area contributed by atoms with Gasteiger partial charge < -0.3 is 15.4 Å². The second-order valence-electron chi connectivity index (χ2n) is 7.25. The van der Waals surface area contributed by atoms with Crippen molar-refractivity contribution in [3.05, 3.63) is 23.2 Å². The van der Waals surface area contributed by atoms with Gasteiger partial charge >= 0.3 is 5.97 Å². The Hall–Kier alpha value is -1.37. The first kappa shape index (κ1) is 17.5. The maximum absolute atomic E-state index is 12.4. The van der Waals surface area contributed by atoms with Crippen LogP contribution >= 0.6 is 22.9 Å². The number of nitrogens with two attached hydrogens (primary N) is 1. The minimum Gasteiger partial charge on any atom is -0.459 e. The molecule has 24 heavy (non-hydrogen) atoms. The number of carbonyl (C=O) groups excluding carboxylic acids is 1. The van der Waals surface area contributed by atoms with Gasteiger partial charge in [0.05, 0.1) is 10.2 Å². The van der Waals surface area contributed by atoms with E-state index in [1.165, 1.54) is 0 Å². The fourth-order valence-corrected chi connectivity index (χ4v) is 4.00. The number of rotatable bonds is 2. The lowest BCUT2D eigenvalue weighted by Crippen LogP contribution is -2.57. The van der Waals surface area contributed by atoms with Gasteiger partial charge in [-0.05, 0) is 51.8 Å². The summed E-state index contributed by atoms with van der Waals surface area (Å²) in [6, 6.07) is 5.70. The number of thiazole rings is 1. The van der Waals surface area contributed by atoms with Crippen LogP contribution in [-0.4, -0.2) is 35.2 Å². The highest BCUT2D eigenvalue weighted by molar-refractivity contribution is 7.22. The summed E-state index contributed by atoms with van der Waals surface area (Å²) in [6.07, 6.45) is 1.11. The molecule has 0 unspecified atom stereocenters. The quantitative estimate of drug-likeness (QED) is 0.821. The zero-order valence-electron chi connectivity index (χ0n) is 14.1. The zero-order valence-corrected chi connectivity index (χ0v) is 15.7. The molecule has 2 aromatic rings. The van der Waals surface area contributed by atoms with Gasteiger partial charge in [-0.1, -0.05) is 22.9 Å². The smallest absolute Gasteiger partial charge is 0.326 e. The number of nitrogens with zero attached hydrogens (tertiary/aromatic N) is 2. The maximum Gasteiger partial charge on any atom is 0.326 e. The Balaban J connectivity index is 1.70. The summed E-state index contributed by atoms with van der Waals surface area (Å²) in [6.45, 7) is 6.94. The molecular formula is C17H22ClN3O2S. The van der Waals surface area contributed by atoms with Crippen molar-refractivity contribution in [2.45, 2.75) is 44.8 Å². The summed E-state index contributed by atoms with van der Waals surface area (Å²) in [5, 5.41) is 1.65. The second kappa shape index (κ2) is 6.17. The highest BCUT2D eigenvalue weighted by atomic mass is 35.5. The van der Waals surface area contributed by atoms with Crippen molar-refractivity contribution in [3.63, 3.8) is 0 Å². The predicted octanol–water partition coefficient (Wildman–Crippen LogP) is 3.59. The highest BCUT2D eigenvalue weighted by Gasteiger charge is 2.41. The largest absolute Gasteiger partial charge is 0.459 e. The van der Waals surface area contributed by atoms with E-state index in [4.69, 9.17) is 22.1 Å². The molecule has 0 atom stereocenters. The first-order chi connectivity index (χ1) is 11.2. The Kier molecular flexibility index (Phi) is 4.49. The highest BCUT2D eigenvalue weighted by Crippen LogP contribution is 2.33. The molecule has 130 valence electrons. The summed E-state index contributed by atoms with van der Waals surface area (Å²) in [4.78, 5) is 19.2. The predicted molar refractivity (Wildman–Crippen MR) is 98.8 cm³/mol. The molecule has 0 aliphatic carbocycles. The van der Waals surface area contributed by atoms with Crippen molar-refractivity contribution in [3.8, 4) is 0 Å². The van der Waals surface area contributed by atoms with E-state index in [0.717, 1.165) is 15.3 Å². The van der Waals surface area contributed by atoms with Gasteiger partial charge in [0, 0.05) is 18.1 Å². The van der Waals surface area contributed by atoms with Crippen molar-refractivity contribution < 1.29 is 9.53 Å². The number of piperidine rings is 1. The standard InChI is InChI=1S/C17H22ClN3O2S/c1-16(2,3)23-14(22)17(19)6-8-21(9-7-17)15-20-12-5-4-11(18)10-13(12)24-15/h4-5,10H,6-9,19H2,1-3H3. The van der Waals surface area contributed by atoms with Crippen molar-refractivity contribution in [1.82, 2.24) is 4.98 Å². The molecule has 1 aliphatic heterocycles. The average Bonchev–Trinajstić information content (AvgIpc) is 2.89. The number of hydrogen-bond acceptors (Lipinski definition) is 6. The molecule has 1 fully saturated rings. The molecule has 1 aromatic heterocycles. The fraction of sp³-hybridized carbons (Fsp3) is 0.529. The molecule has 5 nitrogen and oxygen atoms in total. The van der Waals surface area contributed by atoms with E-state index in [9.17, 15) is 4.79 Å². The van der Waals surface area contributed by atoms with Gasteiger partial charge in [-0.3, -0.25) is 4.79 Å². The van der Waals surface area contributed by atoms with Crippen molar-refractivity contribution >= 4 is 44.3 Å². The van der Waals surface area contributed by atoms with Crippen LogP contribution in [0.4, 0.5) is 5.13 Å². The monoisotopic (exact) mass is 367 g/mol. The first-order valence-corrected chi connectivity index (χ1v) is 9.19. The SMILES string of the molecule is CC(C)(C)OC(=O)C1(N)CCN(c2nc3ccc(Cl)cc3s2)CC1. The van der Waals surface area contributed by atoms with Crippen LogP contribution in [-0.2, 0) is 9.53 Å². The molecule has 0 bridgehead atoms. The lowest BCUT2D eigenvalue weighted by Gasteiger charge is -2.38. The van der Waals surface area contributed by atoms with E-state index in [1.807, 2.05) is 39.0 Å². The van der Waals surface area contributed by atoms with Crippen molar-refractivity contribution in [2.75, 3.05) is 18.0 Å². The number of hydrogen-bond donors (Lipinski definition) is 1. The average molecular weight is 368 g/mol. The Labute approximate surface area is 150 Å². The fourth-order valence-electron chi connectivity index (χ4n) is 2.70. The zero-order chi connectivity index (χ0) is 17.5. The van der Waals surface area contributed by atoms with Gasteiger partial charge in [-0.15, -0.1) is 0 Å². The van der Waals surface area contributed by atoms with Gasteiger partial charge in [-0.25, -0.2) is 4.98 Å². The third kappa shape index (κ3) is 3.66. The maximum atomic E-state index is 12.4. The topological polar surface area (TPSA) is 68.5 Å². The van der Waals surface area contributed by atoms with Crippen LogP contribution in [0.1, 0.15) is 33.6 Å². The number of fused-ring (bicyclic) bond motifs is 1. The van der Waals surface area contributed by atoms with Crippen molar-refractivity contribution in [2.24, 2.45) is 5.73 Å². The molecule has 2 heterocycles. The number of carbonyl (C=O) groups is 1. The number of halogens is 1. The molecular weight excluding hydrogens is 346 g/mol. The van der Waals surface area contributed by atoms with E-state index in [-0.39, 0.29) is 5.97 Å². The van der Waals surface area contributed by atoms with E-state index >= 15 is 0 Å². The minimum absolute atomic E-state index is 0.314. The Bertz CT molecular complexity index is 761. The van der Waals surface area contributed by atoms with Crippen LogP contribution in [0.15, 0.2) is 18.2 Å². The molecule has 0 spiro atoms. The Morgan fingerprint density at radius 1 is 1.38 bits per heavy atom. The summed E-state index contributed by atoms with van der Waals surface area (Å²) in [5.41, 5.74) is 5.82. The summed E-state index contributed by atoms with van der Waals surface area (Å²) >= 11 is 7.65. The number of anilines is 1. The number of esters is 1. The van der Waals surface area contributed by atoms with Crippen LogP contribution in [0.3, 0.4) is 0 Å². The van der Waals surface area contributed by atoms with Crippen LogP contribution in [0.25, 0.3) is 10.2 Å². The Morgan fingerprint density at radius 3 is 2.67 bits per heavy atom. The second-order valence-corrected chi connectivity index (χ2v) is 8.70. The molecule has 0 amide bonds. The van der Waals surface area contributed by atoms with Gasteiger partial charge in [0.15, 0.2) is 5.13 Å². The van der Waals surface area contributed by atoms with Gasteiger partial charge in [0.2, 0.25) is 0 Å². The third-order valence-electron chi connectivity index (χ3n) is 4.07. The summed E-state index contributed by atoms with van der Waals surface area (Å²) in [5.74, 6) is -0.314. The third-order valence-corrected chi connectivity index (χ3v) is 5.38. The number of aromatic nitrogens is 1. The lowest BCUT2D eigenvalue weighted by molar-refractivity contribution is -0.162. The van der Waals surface area contributed by atoms with E-state index in [0.29, 0.717) is 31.0 Å². The molecule has 0 radical (unpaired) electrons. The summed E-state index contributed by atoms with van der Waals surface area (Å²) < 4.78 is 6.54. The van der Waals surface area contributed by atoms with Crippen LogP contribution in [0.5, 0.6) is 0 Å². The van der Waals surface area contributed by atoms with Gasteiger partial charge in [0.1, 0.15) is 11.1 Å². The van der Waals surface area contributed by atoms with E-state index < -0.39 is 11.1 Å². The molecule has 1 aliphatic rings. The van der Waals surface area contributed by atoms with E-state index in [1.54, 1.807) is 11.3 Å². The Morgan fingerprint density at radius 2 is 2.04 bits per heavy atom. The molecule has 1 aromatic carbocycles. The molecule has 2 N–H and O–H groups in total. The first-order valence-electron chi connectivity index (χ1n) is 8.00. The van der Waals surface area contributed by atoms with Crippen LogP contribution in [0, 0.1) is 0 Å². The van der Waals surface area contributed by atoms with Gasteiger partial charge in [-0.2, -0.15) is 0 Å². The number of ether oxygens (including phenoxy) is 1. The molecule has 0 saturated carbocycles. The number of benzene rings is 1. The summed E-state index contributed by atoms with van der Waals surface area (Å²) in [7, 11) is 0. The van der Waals surface area contributed by atoms with Crippen molar-refractivity contribution in [1.29, 1.82) is 0 Å². The van der Waals surface area contributed by atoms with Gasteiger partial charge in [0.25, 0.3) is 0 Å². The normalized spacial score (nSPS) is 18.0. The van der Waals surface area contributed by atoms with E-state index in [2.05, 4.69) is 9.88 Å². The minimum atomic E-state index is -0.913. The lowest BCUT2D eigenvalue weighted by atomic mass is 9.88. The molecule has 7 heteroatoms.